The van der Waals surface area contributed by atoms with Crippen LogP contribution >= 0.6 is 0 Å². The second-order valence-electron chi connectivity index (χ2n) is 5.45. The van der Waals surface area contributed by atoms with Crippen molar-refractivity contribution >= 4 is 23.0 Å². The molecule has 1 aliphatic carbocycles. The molecule has 1 aromatic rings. The van der Waals surface area contributed by atoms with Crippen molar-refractivity contribution in [2.24, 2.45) is 5.92 Å². The van der Waals surface area contributed by atoms with Gasteiger partial charge >= 0.3 is 0 Å². The van der Waals surface area contributed by atoms with E-state index in [0.717, 1.165) is 36.2 Å². The molecule has 1 aromatic carbocycles. The SMILES string of the molecule is Nc1cc2c(cc1NC1CCCC1CO)NC(=O)C2. The van der Waals surface area contributed by atoms with E-state index < -0.39 is 0 Å². The maximum absolute atomic E-state index is 11.4. The summed E-state index contributed by atoms with van der Waals surface area (Å²) in [5.41, 5.74) is 9.36. The van der Waals surface area contributed by atoms with Crippen LogP contribution in [0.1, 0.15) is 24.8 Å². The second kappa shape index (κ2) is 4.74. The van der Waals surface area contributed by atoms with E-state index in [0.29, 0.717) is 18.0 Å². The van der Waals surface area contributed by atoms with Gasteiger partial charge in [0.25, 0.3) is 0 Å². The van der Waals surface area contributed by atoms with Crippen LogP contribution in [-0.2, 0) is 11.2 Å². The smallest absolute Gasteiger partial charge is 0.228 e. The van der Waals surface area contributed by atoms with Gasteiger partial charge in [-0.15, -0.1) is 0 Å². The van der Waals surface area contributed by atoms with Crippen LogP contribution in [0.3, 0.4) is 0 Å². The van der Waals surface area contributed by atoms with Gasteiger partial charge in [0.05, 0.1) is 17.8 Å². The normalized spacial score (nSPS) is 25.2. The predicted octanol–water partition coefficient (Wildman–Crippen LogP) is 1.34. The molecule has 1 amide bonds. The minimum atomic E-state index is 0.0145. The Morgan fingerprint density at radius 1 is 1.42 bits per heavy atom. The van der Waals surface area contributed by atoms with Gasteiger partial charge in [-0.1, -0.05) is 6.42 Å². The number of hydrogen-bond donors (Lipinski definition) is 4. The van der Waals surface area contributed by atoms with E-state index >= 15 is 0 Å². The predicted molar refractivity (Wildman–Crippen MR) is 75.0 cm³/mol. The van der Waals surface area contributed by atoms with Crippen molar-refractivity contribution in [3.8, 4) is 0 Å². The molecule has 5 N–H and O–H groups in total. The molecule has 102 valence electrons. The molecule has 0 aromatic heterocycles. The topological polar surface area (TPSA) is 87.4 Å². The number of fused-ring (bicyclic) bond motifs is 1. The number of carbonyl (C=O) groups excluding carboxylic acids is 1. The Bertz CT molecular complexity index is 516. The van der Waals surface area contributed by atoms with Crippen molar-refractivity contribution in [3.05, 3.63) is 17.7 Å². The molecule has 0 radical (unpaired) electrons. The maximum atomic E-state index is 11.4. The number of rotatable bonds is 3. The summed E-state index contributed by atoms with van der Waals surface area (Å²) < 4.78 is 0. The van der Waals surface area contributed by atoms with Crippen LogP contribution in [0.5, 0.6) is 0 Å². The van der Waals surface area contributed by atoms with Gasteiger partial charge in [-0.05, 0) is 30.5 Å². The summed E-state index contributed by atoms with van der Waals surface area (Å²) >= 11 is 0. The van der Waals surface area contributed by atoms with E-state index in [1.807, 2.05) is 12.1 Å². The number of benzene rings is 1. The molecule has 5 nitrogen and oxygen atoms in total. The van der Waals surface area contributed by atoms with Gasteiger partial charge in [0, 0.05) is 24.3 Å². The number of nitrogens with two attached hydrogens (primary N) is 1. The van der Waals surface area contributed by atoms with Crippen LogP contribution in [0, 0.1) is 5.92 Å². The van der Waals surface area contributed by atoms with Crippen molar-refractivity contribution in [2.45, 2.75) is 31.7 Å². The fraction of sp³-hybridized carbons (Fsp3) is 0.500. The Balaban J connectivity index is 1.82. The molecular formula is C14H19N3O2. The zero-order valence-corrected chi connectivity index (χ0v) is 10.8. The minimum Gasteiger partial charge on any atom is -0.397 e. The third-order valence-electron chi connectivity index (χ3n) is 4.13. The van der Waals surface area contributed by atoms with Crippen LogP contribution in [0.4, 0.5) is 17.1 Å². The summed E-state index contributed by atoms with van der Waals surface area (Å²) in [6.45, 7) is 0.208. The van der Waals surface area contributed by atoms with E-state index in [4.69, 9.17) is 5.73 Å². The Kier molecular flexibility index (Phi) is 3.06. The number of amides is 1. The number of anilines is 3. The number of nitrogen functional groups attached to an aromatic ring is 1. The van der Waals surface area contributed by atoms with Crippen LogP contribution in [0.2, 0.25) is 0 Å². The quantitative estimate of drug-likeness (QED) is 0.618. The van der Waals surface area contributed by atoms with E-state index in [9.17, 15) is 9.90 Å². The van der Waals surface area contributed by atoms with E-state index in [2.05, 4.69) is 10.6 Å². The van der Waals surface area contributed by atoms with Crippen LogP contribution in [-0.4, -0.2) is 23.7 Å². The van der Waals surface area contributed by atoms with Crippen molar-refractivity contribution in [1.29, 1.82) is 0 Å². The molecule has 2 unspecified atom stereocenters. The molecular weight excluding hydrogens is 242 g/mol. The van der Waals surface area contributed by atoms with E-state index in [1.54, 1.807) is 0 Å². The molecule has 2 aliphatic rings. The van der Waals surface area contributed by atoms with Crippen molar-refractivity contribution in [2.75, 3.05) is 23.0 Å². The average molecular weight is 261 g/mol. The lowest BCUT2D eigenvalue weighted by Gasteiger charge is -2.22. The van der Waals surface area contributed by atoms with Gasteiger partial charge in [-0.3, -0.25) is 4.79 Å². The molecule has 0 saturated heterocycles. The second-order valence-corrected chi connectivity index (χ2v) is 5.45. The Labute approximate surface area is 112 Å². The van der Waals surface area contributed by atoms with E-state index in [-0.39, 0.29) is 18.6 Å². The summed E-state index contributed by atoms with van der Waals surface area (Å²) in [6, 6.07) is 4.03. The third-order valence-corrected chi connectivity index (χ3v) is 4.13. The Morgan fingerprint density at radius 2 is 2.26 bits per heavy atom. The Morgan fingerprint density at radius 3 is 3.05 bits per heavy atom. The first-order valence-corrected chi connectivity index (χ1v) is 6.77. The monoisotopic (exact) mass is 261 g/mol. The van der Waals surface area contributed by atoms with Gasteiger partial charge in [0.1, 0.15) is 0 Å². The molecule has 0 spiro atoms. The summed E-state index contributed by atoms with van der Waals surface area (Å²) in [5.74, 6) is 0.308. The summed E-state index contributed by atoms with van der Waals surface area (Å²) in [6.07, 6.45) is 3.64. The number of aliphatic hydroxyl groups excluding tert-OH is 1. The highest BCUT2D eigenvalue weighted by molar-refractivity contribution is 6.00. The maximum Gasteiger partial charge on any atom is 0.228 e. The lowest BCUT2D eigenvalue weighted by atomic mass is 10.0. The van der Waals surface area contributed by atoms with Gasteiger partial charge in [0.2, 0.25) is 5.91 Å². The zero-order valence-electron chi connectivity index (χ0n) is 10.8. The highest BCUT2D eigenvalue weighted by Gasteiger charge is 2.27. The molecule has 1 saturated carbocycles. The van der Waals surface area contributed by atoms with Crippen LogP contribution in [0.15, 0.2) is 12.1 Å². The summed E-state index contributed by atoms with van der Waals surface area (Å²) in [5, 5.41) is 15.6. The van der Waals surface area contributed by atoms with Gasteiger partial charge in [-0.2, -0.15) is 0 Å². The van der Waals surface area contributed by atoms with Crippen molar-refractivity contribution in [1.82, 2.24) is 0 Å². The molecule has 19 heavy (non-hydrogen) atoms. The van der Waals surface area contributed by atoms with Crippen molar-refractivity contribution < 1.29 is 9.90 Å². The molecule has 5 heteroatoms. The molecule has 0 bridgehead atoms. The highest BCUT2D eigenvalue weighted by Crippen LogP contribution is 2.34. The number of aliphatic hydroxyl groups is 1. The van der Waals surface area contributed by atoms with Gasteiger partial charge in [0.15, 0.2) is 0 Å². The lowest BCUT2D eigenvalue weighted by Crippen LogP contribution is -2.26. The fourth-order valence-corrected chi connectivity index (χ4v) is 3.06. The van der Waals surface area contributed by atoms with Crippen LogP contribution < -0.4 is 16.4 Å². The van der Waals surface area contributed by atoms with Gasteiger partial charge in [-0.25, -0.2) is 0 Å². The molecule has 1 fully saturated rings. The van der Waals surface area contributed by atoms with Crippen LogP contribution in [0.25, 0.3) is 0 Å². The first kappa shape index (κ1) is 12.3. The van der Waals surface area contributed by atoms with E-state index in [1.165, 1.54) is 0 Å². The number of hydrogen-bond acceptors (Lipinski definition) is 4. The van der Waals surface area contributed by atoms with Gasteiger partial charge < -0.3 is 21.5 Å². The highest BCUT2D eigenvalue weighted by atomic mass is 16.3. The third kappa shape index (κ3) is 2.26. The first-order chi connectivity index (χ1) is 9.17. The molecule has 2 atom stereocenters. The Hall–Kier alpha value is -1.75. The number of carbonyl (C=O) groups is 1. The largest absolute Gasteiger partial charge is 0.397 e. The standard InChI is InChI=1S/C14H19N3O2/c15-10-4-9-5-14(19)17-12(9)6-13(10)16-11-3-1-2-8(11)7-18/h4,6,8,11,16,18H,1-3,5,7,15H2,(H,17,19). The average Bonchev–Trinajstić information content (AvgIpc) is 2.95. The summed E-state index contributed by atoms with van der Waals surface area (Å²) in [7, 11) is 0. The molecule has 3 rings (SSSR count). The minimum absolute atomic E-state index is 0.0145. The molecule has 1 aliphatic heterocycles. The lowest BCUT2D eigenvalue weighted by molar-refractivity contribution is -0.115. The summed E-state index contributed by atoms with van der Waals surface area (Å²) in [4.78, 5) is 11.4. The van der Waals surface area contributed by atoms with Crippen molar-refractivity contribution in [3.63, 3.8) is 0 Å². The zero-order chi connectivity index (χ0) is 13.4. The fourth-order valence-electron chi connectivity index (χ4n) is 3.06. The number of nitrogens with one attached hydrogen (secondary N) is 2. The first-order valence-electron chi connectivity index (χ1n) is 6.77. The molecule has 1 heterocycles.